The minimum Gasteiger partial charge on any atom is -0.463 e. The average Bonchev–Trinajstić information content (AvgIpc) is 2.93. The Hall–Kier alpha value is -1.10. The zero-order valence-corrected chi connectivity index (χ0v) is 19.4. The largest absolute Gasteiger partial charge is 0.463 e. The zero-order valence-electron chi connectivity index (χ0n) is 19.4. The summed E-state index contributed by atoms with van der Waals surface area (Å²) < 4.78 is 11.1. The lowest BCUT2D eigenvalue weighted by molar-refractivity contribution is -0.201. The zero-order chi connectivity index (χ0) is 21.9. The van der Waals surface area contributed by atoms with Crippen LogP contribution in [0.2, 0.25) is 0 Å². The van der Waals surface area contributed by atoms with Crippen molar-refractivity contribution < 1.29 is 24.2 Å². The molecule has 170 valence electrons. The Labute approximate surface area is 181 Å². The predicted octanol–water partition coefficient (Wildman–Crippen LogP) is 4.64. The van der Waals surface area contributed by atoms with Gasteiger partial charge in [0.25, 0.3) is 0 Å². The molecule has 4 aliphatic rings. The van der Waals surface area contributed by atoms with E-state index in [1.807, 2.05) is 6.92 Å². The van der Waals surface area contributed by atoms with Gasteiger partial charge >= 0.3 is 11.9 Å². The summed E-state index contributed by atoms with van der Waals surface area (Å²) in [6.45, 7) is 9.57. The molecule has 0 aromatic rings. The van der Waals surface area contributed by atoms with Crippen molar-refractivity contribution in [1.29, 1.82) is 0 Å². The number of esters is 2. The van der Waals surface area contributed by atoms with Crippen LogP contribution >= 0.6 is 0 Å². The summed E-state index contributed by atoms with van der Waals surface area (Å²) in [7, 11) is 0. The fourth-order valence-electron chi connectivity index (χ4n) is 8.63. The summed E-state index contributed by atoms with van der Waals surface area (Å²) in [5, 5.41) is 11.7. The predicted molar refractivity (Wildman–Crippen MR) is 113 cm³/mol. The number of carbonyl (C=O) groups is 2. The van der Waals surface area contributed by atoms with Crippen molar-refractivity contribution in [3.05, 3.63) is 0 Å². The Balaban J connectivity index is 1.54. The number of ether oxygens (including phenoxy) is 2. The average molecular weight is 421 g/mol. The smallest absolute Gasteiger partial charge is 0.302 e. The number of rotatable bonds is 3. The van der Waals surface area contributed by atoms with Crippen LogP contribution in [0.4, 0.5) is 0 Å². The molecule has 0 aliphatic heterocycles. The molecular weight excluding hydrogens is 380 g/mol. The second-order valence-corrected chi connectivity index (χ2v) is 11.3. The van der Waals surface area contributed by atoms with Gasteiger partial charge in [0.15, 0.2) is 0 Å². The Kier molecular flexibility index (Phi) is 5.52. The van der Waals surface area contributed by atoms with Gasteiger partial charge in [-0.3, -0.25) is 9.59 Å². The third-order valence-electron chi connectivity index (χ3n) is 10.2. The van der Waals surface area contributed by atoms with Crippen molar-refractivity contribution in [2.75, 3.05) is 0 Å². The van der Waals surface area contributed by atoms with E-state index in [-0.39, 0.29) is 23.5 Å². The first kappa shape index (κ1) is 22.1. The summed E-state index contributed by atoms with van der Waals surface area (Å²) in [6, 6.07) is 0. The van der Waals surface area contributed by atoms with Gasteiger partial charge in [0.05, 0.1) is 0 Å². The Bertz CT molecular complexity index is 706. The molecule has 4 fully saturated rings. The minimum atomic E-state index is -0.932. The van der Waals surface area contributed by atoms with Crippen LogP contribution in [0.25, 0.3) is 0 Å². The Morgan fingerprint density at radius 3 is 2.30 bits per heavy atom. The van der Waals surface area contributed by atoms with Gasteiger partial charge in [-0.25, -0.2) is 0 Å². The number of carbonyl (C=O) groups excluding carboxylic acids is 2. The molecule has 0 bridgehead atoms. The van der Waals surface area contributed by atoms with Crippen LogP contribution < -0.4 is 0 Å². The van der Waals surface area contributed by atoms with Gasteiger partial charge in [-0.05, 0) is 93.8 Å². The molecule has 4 saturated carbocycles. The molecule has 0 radical (unpaired) electrons. The van der Waals surface area contributed by atoms with Crippen molar-refractivity contribution in [3.8, 4) is 0 Å². The molecule has 0 unspecified atom stereocenters. The van der Waals surface area contributed by atoms with E-state index in [1.165, 1.54) is 26.7 Å². The highest BCUT2D eigenvalue weighted by Crippen LogP contribution is 2.68. The van der Waals surface area contributed by atoms with Crippen LogP contribution in [0.1, 0.15) is 92.4 Å². The van der Waals surface area contributed by atoms with Crippen LogP contribution in [0.3, 0.4) is 0 Å². The Morgan fingerprint density at radius 1 is 0.933 bits per heavy atom. The first-order chi connectivity index (χ1) is 14.0. The normalized spacial score (nSPS) is 48.7. The summed E-state index contributed by atoms with van der Waals surface area (Å²) >= 11 is 0. The topological polar surface area (TPSA) is 72.8 Å². The molecule has 5 heteroatoms. The van der Waals surface area contributed by atoms with E-state index in [9.17, 15) is 14.7 Å². The van der Waals surface area contributed by atoms with Crippen molar-refractivity contribution in [1.82, 2.24) is 0 Å². The van der Waals surface area contributed by atoms with Gasteiger partial charge < -0.3 is 14.6 Å². The summed E-state index contributed by atoms with van der Waals surface area (Å²) in [5.41, 5.74) is -0.816. The van der Waals surface area contributed by atoms with E-state index in [1.54, 1.807) is 0 Å². The summed E-state index contributed by atoms with van der Waals surface area (Å²) in [5.74, 6) is 1.96. The highest BCUT2D eigenvalue weighted by atomic mass is 16.6. The highest BCUT2D eigenvalue weighted by molar-refractivity contribution is 5.66. The second kappa shape index (κ2) is 7.50. The maximum atomic E-state index is 11.7. The van der Waals surface area contributed by atoms with Gasteiger partial charge in [-0.15, -0.1) is 0 Å². The fourth-order valence-corrected chi connectivity index (χ4v) is 8.63. The highest BCUT2D eigenvalue weighted by Gasteiger charge is 2.66. The first-order valence-corrected chi connectivity index (χ1v) is 12.1. The van der Waals surface area contributed by atoms with E-state index in [0.29, 0.717) is 29.1 Å². The van der Waals surface area contributed by atoms with E-state index >= 15 is 0 Å². The lowest BCUT2D eigenvalue weighted by Gasteiger charge is -2.62. The first-order valence-electron chi connectivity index (χ1n) is 12.1. The summed E-state index contributed by atoms with van der Waals surface area (Å²) in [4.78, 5) is 23.0. The molecule has 4 aliphatic carbocycles. The van der Waals surface area contributed by atoms with Crippen molar-refractivity contribution in [3.63, 3.8) is 0 Å². The quantitative estimate of drug-likeness (QED) is 0.673. The van der Waals surface area contributed by atoms with Crippen LogP contribution in [0.15, 0.2) is 0 Å². The van der Waals surface area contributed by atoms with E-state index in [2.05, 4.69) is 13.8 Å². The monoisotopic (exact) mass is 420 g/mol. The van der Waals surface area contributed by atoms with E-state index in [0.717, 1.165) is 44.9 Å². The minimum absolute atomic E-state index is 0.0899. The lowest BCUT2D eigenvalue weighted by atomic mass is 9.44. The molecule has 30 heavy (non-hydrogen) atoms. The molecular formula is C25H40O5. The molecule has 0 saturated heterocycles. The summed E-state index contributed by atoms with van der Waals surface area (Å²) in [6.07, 6.45) is 9.02. The molecule has 0 amide bonds. The number of hydrogen-bond acceptors (Lipinski definition) is 5. The molecule has 0 spiro atoms. The maximum Gasteiger partial charge on any atom is 0.302 e. The standard InChI is InChI=1S/C25H40O5/c1-15(29-16(2)26)25(28)13-10-22-20-7-6-18-14-19(30-17(3)27)8-11-23(18,4)21(20)9-12-24(22,25)5/h15,18-22,28H,6-14H2,1-5H3/t15-,18-,19-,20+,21-,22-,23-,24-,25-/m0/s1. The lowest BCUT2D eigenvalue weighted by Crippen LogP contribution is -2.60. The van der Waals surface area contributed by atoms with E-state index < -0.39 is 11.7 Å². The van der Waals surface area contributed by atoms with Gasteiger partial charge in [0.1, 0.15) is 17.8 Å². The molecule has 0 heterocycles. The van der Waals surface area contributed by atoms with Crippen LogP contribution in [0.5, 0.6) is 0 Å². The van der Waals surface area contributed by atoms with Gasteiger partial charge in [-0.1, -0.05) is 13.8 Å². The van der Waals surface area contributed by atoms with Gasteiger partial charge in [0, 0.05) is 19.3 Å². The Morgan fingerprint density at radius 2 is 1.63 bits per heavy atom. The van der Waals surface area contributed by atoms with Crippen LogP contribution in [-0.4, -0.2) is 34.9 Å². The molecule has 9 atom stereocenters. The third kappa shape index (κ3) is 3.22. The fraction of sp³-hybridized carbons (Fsp3) is 0.920. The second-order valence-electron chi connectivity index (χ2n) is 11.3. The SMILES string of the molecule is CC(=O)O[C@H]1CC[C@@]2(C)[C@@H](CC[C@@H]3[C@@H]2CC[C@@]2(C)[C@H]3CC[C@]2(O)[C@H](C)OC(C)=O)C1. The van der Waals surface area contributed by atoms with Gasteiger partial charge in [0.2, 0.25) is 0 Å². The molecule has 4 rings (SSSR count). The number of aliphatic hydroxyl groups is 1. The molecule has 0 aromatic carbocycles. The maximum absolute atomic E-state index is 11.7. The van der Waals surface area contributed by atoms with Gasteiger partial charge in [-0.2, -0.15) is 0 Å². The van der Waals surface area contributed by atoms with E-state index in [4.69, 9.17) is 9.47 Å². The molecule has 1 N–H and O–H groups in total. The van der Waals surface area contributed by atoms with Crippen LogP contribution in [0, 0.1) is 34.5 Å². The van der Waals surface area contributed by atoms with Crippen molar-refractivity contribution >= 4 is 11.9 Å². The molecule has 5 nitrogen and oxygen atoms in total. The van der Waals surface area contributed by atoms with Crippen molar-refractivity contribution in [2.45, 2.75) is 110 Å². The molecule has 0 aromatic heterocycles. The number of hydrogen-bond donors (Lipinski definition) is 1. The third-order valence-corrected chi connectivity index (χ3v) is 10.2. The van der Waals surface area contributed by atoms with Crippen LogP contribution in [-0.2, 0) is 19.1 Å². The number of fused-ring (bicyclic) bond motifs is 5. The van der Waals surface area contributed by atoms with Crippen molar-refractivity contribution in [2.24, 2.45) is 34.5 Å².